The lowest BCUT2D eigenvalue weighted by Crippen LogP contribution is -2.38. The molecule has 162 valence electrons. The molecule has 9 heteroatoms. The number of anilines is 2. The van der Waals surface area contributed by atoms with Crippen LogP contribution in [0.1, 0.15) is 42.6 Å². The molecule has 0 aliphatic heterocycles. The monoisotopic (exact) mass is 452 g/mol. The van der Waals surface area contributed by atoms with E-state index in [1.165, 1.54) is 18.2 Å². The van der Waals surface area contributed by atoms with E-state index < -0.39 is 28.4 Å². The normalized spacial score (nSPS) is 11.3. The maximum Gasteiger partial charge on any atom is 0.339 e. The minimum atomic E-state index is -3.71. The molecule has 0 saturated carbocycles. The first kappa shape index (κ1) is 23.7. The van der Waals surface area contributed by atoms with Gasteiger partial charge in [0.1, 0.15) is 6.54 Å². The van der Waals surface area contributed by atoms with Crippen LogP contribution in [0.3, 0.4) is 0 Å². The lowest BCUT2D eigenvalue weighted by Gasteiger charge is -2.25. The standard InChI is InChI=1S/C21H25ClN2O5S/c1-5-29-21(26)17-11-10-15(12-18(17)22)23-20(25)13-24(30(4,27)28)19-9-7-6-8-16(19)14(2)3/h6-12,14H,5,13H2,1-4H3,(H,23,25). The zero-order valence-corrected chi connectivity index (χ0v) is 18.9. The summed E-state index contributed by atoms with van der Waals surface area (Å²) in [6.45, 7) is 5.40. The Hall–Kier alpha value is -2.58. The molecular weight excluding hydrogens is 428 g/mol. The Morgan fingerprint density at radius 1 is 1.17 bits per heavy atom. The molecule has 0 aliphatic rings. The van der Waals surface area contributed by atoms with Gasteiger partial charge < -0.3 is 10.1 Å². The first-order chi connectivity index (χ1) is 14.0. The number of hydrogen-bond donors (Lipinski definition) is 1. The number of amides is 1. The number of esters is 1. The van der Waals surface area contributed by atoms with Crippen molar-refractivity contribution in [3.8, 4) is 0 Å². The number of ether oxygens (including phenoxy) is 1. The third-order valence-electron chi connectivity index (χ3n) is 4.26. The maximum absolute atomic E-state index is 12.6. The highest BCUT2D eigenvalue weighted by atomic mass is 35.5. The summed E-state index contributed by atoms with van der Waals surface area (Å²) in [6, 6.07) is 11.4. The van der Waals surface area contributed by atoms with Crippen LogP contribution < -0.4 is 9.62 Å². The molecule has 0 fully saturated rings. The van der Waals surface area contributed by atoms with Gasteiger partial charge in [-0.3, -0.25) is 9.10 Å². The van der Waals surface area contributed by atoms with Crippen molar-refractivity contribution < 1.29 is 22.7 Å². The SMILES string of the molecule is CCOC(=O)c1ccc(NC(=O)CN(c2ccccc2C(C)C)S(C)(=O)=O)cc1Cl. The smallest absolute Gasteiger partial charge is 0.339 e. The number of hydrogen-bond acceptors (Lipinski definition) is 5. The number of nitrogens with zero attached hydrogens (tertiary/aromatic N) is 1. The third-order valence-corrected chi connectivity index (χ3v) is 5.70. The minimum absolute atomic E-state index is 0.0720. The molecule has 2 aromatic carbocycles. The van der Waals surface area contributed by atoms with E-state index in [0.717, 1.165) is 16.1 Å². The molecule has 0 unspecified atom stereocenters. The van der Waals surface area contributed by atoms with Gasteiger partial charge in [-0.2, -0.15) is 0 Å². The molecule has 0 radical (unpaired) electrons. The molecule has 1 N–H and O–H groups in total. The number of para-hydroxylation sites is 1. The van der Waals surface area contributed by atoms with Gasteiger partial charge in [-0.15, -0.1) is 0 Å². The van der Waals surface area contributed by atoms with E-state index in [0.29, 0.717) is 11.4 Å². The first-order valence-corrected chi connectivity index (χ1v) is 11.6. The first-order valence-electron chi connectivity index (χ1n) is 9.37. The third kappa shape index (κ3) is 5.96. The van der Waals surface area contributed by atoms with E-state index >= 15 is 0 Å². The molecule has 0 saturated heterocycles. The van der Waals surface area contributed by atoms with E-state index in [1.807, 2.05) is 26.0 Å². The molecule has 2 aromatic rings. The fourth-order valence-electron chi connectivity index (χ4n) is 2.88. The number of rotatable bonds is 8. The molecule has 0 aromatic heterocycles. The van der Waals surface area contributed by atoms with Crippen LogP contribution >= 0.6 is 11.6 Å². The zero-order chi connectivity index (χ0) is 22.5. The van der Waals surface area contributed by atoms with Gasteiger partial charge in [0, 0.05) is 5.69 Å². The van der Waals surface area contributed by atoms with Crippen molar-refractivity contribution in [3.63, 3.8) is 0 Å². The van der Waals surface area contributed by atoms with Crippen molar-refractivity contribution in [2.75, 3.05) is 29.0 Å². The number of benzene rings is 2. The van der Waals surface area contributed by atoms with Crippen molar-refractivity contribution in [2.24, 2.45) is 0 Å². The van der Waals surface area contributed by atoms with Crippen molar-refractivity contribution in [2.45, 2.75) is 26.7 Å². The molecule has 0 bridgehead atoms. The molecule has 0 atom stereocenters. The number of carbonyl (C=O) groups is 2. The Kier molecular flexibility index (Phi) is 7.86. The highest BCUT2D eigenvalue weighted by molar-refractivity contribution is 7.92. The Morgan fingerprint density at radius 2 is 1.83 bits per heavy atom. The van der Waals surface area contributed by atoms with E-state index in [-0.39, 0.29) is 23.1 Å². The summed E-state index contributed by atoms with van der Waals surface area (Å²) >= 11 is 6.11. The summed E-state index contributed by atoms with van der Waals surface area (Å²) < 4.78 is 30.8. The maximum atomic E-state index is 12.6. The zero-order valence-electron chi connectivity index (χ0n) is 17.3. The largest absolute Gasteiger partial charge is 0.462 e. The van der Waals surface area contributed by atoms with Gasteiger partial charge in [0.2, 0.25) is 15.9 Å². The summed E-state index contributed by atoms with van der Waals surface area (Å²) in [5.41, 5.74) is 1.79. The van der Waals surface area contributed by atoms with Gasteiger partial charge >= 0.3 is 5.97 Å². The highest BCUT2D eigenvalue weighted by Crippen LogP contribution is 2.29. The number of nitrogens with one attached hydrogen (secondary N) is 1. The second-order valence-electron chi connectivity index (χ2n) is 6.95. The van der Waals surface area contributed by atoms with E-state index in [9.17, 15) is 18.0 Å². The van der Waals surface area contributed by atoms with E-state index in [2.05, 4.69) is 5.32 Å². The van der Waals surface area contributed by atoms with Crippen LogP contribution in [0, 0.1) is 0 Å². The average molecular weight is 453 g/mol. The predicted molar refractivity (Wildman–Crippen MR) is 119 cm³/mol. The molecule has 1 amide bonds. The van der Waals surface area contributed by atoms with Crippen LogP contribution in [0.5, 0.6) is 0 Å². The molecule has 30 heavy (non-hydrogen) atoms. The summed E-state index contributed by atoms with van der Waals surface area (Å²) in [6.07, 6.45) is 1.06. The van der Waals surface area contributed by atoms with Crippen LogP contribution in [-0.4, -0.2) is 39.7 Å². The lowest BCUT2D eigenvalue weighted by molar-refractivity contribution is -0.114. The van der Waals surface area contributed by atoms with E-state index in [4.69, 9.17) is 16.3 Å². The van der Waals surface area contributed by atoms with Crippen LogP contribution in [0.4, 0.5) is 11.4 Å². The predicted octanol–water partition coefficient (Wildman–Crippen LogP) is 4.04. The minimum Gasteiger partial charge on any atom is -0.462 e. The van der Waals surface area contributed by atoms with Crippen molar-refractivity contribution in [1.29, 1.82) is 0 Å². The van der Waals surface area contributed by atoms with Gasteiger partial charge in [0.05, 0.1) is 29.1 Å². The second-order valence-corrected chi connectivity index (χ2v) is 9.26. The quantitative estimate of drug-likeness (QED) is 0.610. The van der Waals surface area contributed by atoms with Crippen molar-refractivity contribution in [1.82, 2.24) is 0 Å². The fraction of sp³-hybridized carbons (Fsp3) is 0.333. The fourth-order valence-corrected chi connectivity index (χ4v) is 4.02. The Balaban J connectivity index is 2.24. The summed E-state index contributed by atoms with van der Waals surface area (Å²) in [5.74, 6) is -1.03. The molecule has 7 nitrogen and oxygen atoms in total. The molecular formula is C21H25ClN2O5S. The van der Waals surface area contributed by atoms with Gasteiger partial charge in [-0.25, -0.2) is 13.2 Å². The topological polar surface area (TPSA) is 92.8 Å². The number of carbonyl (C=O) groups excluding carboxylic acids is 2. The molecule has 0 heterocycles. The molecule has 2 rings (SSSR count). The molecule has 0 spiro atoms. The number of sulfonamides is 1. The molecule has 0 aliphatic carbocycles. The Labute approximate surface area is 182 Å². The second kappa shape index (κ2) is 9.95. The summed E-state index contributed by atoms with van der Waals surface area (Å²) in [4.78, 5) is 24.4. The van der Waals surface area contributed by atoms with Crippen LogP contribution in [0.15, 0.2) is 42.5 Å². The average Bonchev–Trinajstić information content (AvgIpc) is 2.65. The van der Waals surface area contributed by atoms with Crippen molar-refractivity contribution >= 4 is 44.9 Å². The van der Waals surface area contributed by atoms with Crippen LogP contribution in [-0.2, 0) is 19.6 Å². The Bertz CT molecular complexity index is 1040. The Morgan fingerprint density at radius 3 is 2.40 bits per heavy atom. The van der Waals surface area contributed by atoms with Gasteiger partial charge in [0.25, 0.3) is 0 Å². The van der Waals surface area contributed by atoms with Crippen LogP contribution in [0.2, 0.25) is 5.02 Å². The van der Waals surface area contributed by atoms with Gasteiger partial charge in [-0.1, -0.05) is 43.6 Å². The van der Waals surface area contributed by atoms with E-state index in [1.54, 1.807) is 19.1 Å². The summed E-state index contributed by atoms with van der Waals surface area (Å²) in [5, 5.41) is 2.74. The highest BCUT2D eigenvalue weighted by Gasteiger charge is 2.24. The van der Waals surface area contributed by atoms with Gasteiger partial charge in [0.15, 0.2) is 0 Å². The lowest BCUT2D eigenvalue weighted by atomic mass is 10.0. The number of halogens is 1. The van der Waals surface area contributed by atoms with Crippen LogP contribution in [0.25, 0.3) is 0 Å². The van der Waals surface area contributed by atoms with Gasteiger partial charge in [-0.05, 0) is 42.7 Å². The summed E-state index contributed by atoms with van der Waals surface area (Å²) in [7, 11) is -3.71. The van der Waals surface area contributed by atoms with Crippen molar-refractivity contribution in [3.05, 3.63) is 58.6 Å².